The van der Waals surface area contributed by atoms with Crippen LogP contribution in [0.2, 0.25) is 0 Å². The fraction of sp³-hybridized carbons (Fsp3) is 0.250. The Morgan fingerprint density at radius 1 is 1.40 bits per heavy atom. The molecule has 1 rings (SSSR count). The predicted octanol–water partition coefficient (Wildman–Crippen LogP) is 1.29. The van der Waals surface area contributed by atoms with Gasteiger partial charge in [-0.3, -0.25) is 5.73 Å². The van der Waals surface area contributed by atoms with E-state index < -0.39 is 0 Å². The van der Waals surface area contributed by atoms with Crippen LogP contribution in [-0.2, 0) is 0 Å². The van der Waals surface area contributed by atoms with E-state index in [1.807, 2.05) is 31.2 Å². The summed E-state index contributed by atoms with van der Waals surface area (Å²) in [6.07, 6.45) is 0. The van der Waals surface area contributed by atoms with Gasteiger partial charge >= 0.3 is 0 Å². The summed E-state index contributed by atoms with van der Waals surface area (Å²) < 4.78 is 5.11. The van der Waals surface area contributed by atoms with Crippen molar-refractivity contribution in [3.05, 3.63) is 29.8 Å². The number of hydrogen-bond donors (Lipinski definition) is 1. The third-order valence-corrected chi connectivity index (χ3v) is 1.33. The number of ether oxygens (including phenoxy) is 1. The Labute approximate surface area is 60.6 Å². The average molecular weight is 137 g/mol. The van der Waals surface area contributed by atoms with E-state index >= 15 is 0 Å². The van der Waals surface area contributed by atoms with Gasteiger partial charge in [-0.05, 0) is 18.6 Å². The smallest absolute Gasteiger partial charge is 0.137 e. The molecule has 0 aliphatic carbocycles. The second-order valence-corrected chi connectivity index (χ2v) is 2.08. The zero-order valence-electron chi connectivity index (χ0n) is 6.00. The van der Waals surface area contributed by atoms with E-state index in [0.29, 0.717) is 0 Å². The van der Waals surface area contributed by atoms with Crippen LogP contribution in [0.25, 0.3) is 0 Å². The lowest BCUT2D eigenvalue weighted by molar-refractivity contribution is 0.327. The molecule has 54 valence electrons. The van der Waals surface area contributed by atoms with Gasteiger partial charge in [-0.25, -0.2) is 0 Å². The van der Waals surface area contributed by atoms with Gasteiger partial charge < -0.3 is 4.74 Å². The zero-order valence-corrected chi connectivity index (χ0v) is 6.00. The number of hydrogen-bond acceptors (Lipinski definition) is 2. The maximum atomic E-state index is 5.21. The van der Waals surface area contributed by atoms with Crippen molar-refractivity contribution in [1.29, 1.82) is 0 Å². The van der Waals surface area contributed by atoms with Gasteiger partial charge in [0.25, 0.3) is 0 Å². The van der Waals surface area contributed by atoms with E-state index in [2.05, 4.69) is 0 Å². The van der Waals surface area contributed by atoms with Crippen LogP contribution < -0.4 is 10.5 Å². The van der Waals surface area contributed by atoms with Gasteiger partial charge in [0.05, 0.1) is 0 Å². The number of benzene rings is 1. The molecule has 0 unspecified atom stereocenters. The lowest BCUT2D eigenvalue weighted by Gasteiger charge is -2.04. The van der Waals surface area contributed by atoms with E-state index in [9.17, 15) is 0 Å². The van der Waals surface area contributed by atoms with Gasteiger partial charge in [-0.1, -0.05) is 18.2 Å². The first kappa shape index (κ1) is 7.09. The molecular weight excluding hydrogens is 126 g/mol. The molecule has 0 fully saturated rings. The highest BCUT2D eigenvalue weighted by Crippen LogP contribution is 2.14. The van der Waals surface area contributed by atoms with Crippen molar-refractivity contribution in [3.63, 3.8) is 0 Å². The molecule has 0 radical (unpaired) electrons. The summed E-state index contributed by atoms with van der Waals surface area (Å²) in [5.74, 6) is 0.866. The lowest BCUT2D eigenvalue weighted by Crippen LogP contribution is -2.07. The predicted molar refractivity (Wildman–Crippen MR) is 40.9 cm³/mol. The summed E-state index contributed by atoms with van der Waals surface area (Å²) >= 11 is 0. The van der Waals surface area contributed by atoms with Crippen LogP contribution in [0.5, 0.6) is 5.75 Å². The lowest BCUT2D eigenvalue weighted by atomic mass is 10.2. The molecule has 0 bridgehead atoms. The first-order valence-electron chi connectivity index (χ1n) is 3.23. The molecule has 0 saturated heterocycles. The largest absolute Gasteiger partial charge is 0.478 e. The molecule has 0 spiro atoms. The van der Waals surface area contributed by atoms with Crippen molar-refractivity contribution in [2.45, 2.75) is 6.92 Å². The molecule has 1 aromatic rings. The van der Waals surface area contributed by atoms with Crippen molar-refractivity contribution in [2.75, 3.05) is 6.73 Å². The molecule has 0 atom stereocenters. The number of para-hydroxylation sites is 1. The topological polar surface area (TPSA) is 35.2 Å². The summed E-state index contributed by atoms with van der Waals surface area (Å²) in [6, 6.07) is 7.80. The Balaban J connectivity index is 2.81. The van der Waals surface area contributed by atoms with Gasteiger partial charge in [0.15, 0.2) is 0 Å². The molecule has 0 aliphatic heterocycles. The molecule has 2 nitrogen and oxygen atoms in total. The minimum atomic E-state index is 0.241. The monoisotopic (exact) mass is 137 g/mol. The van der Waals surface area contributed by atoms with Crippen molar-refractivity contribution in [1.82, 2.24) is 0 Å². The summed E-state index contributed by atoms with van der Waals surface area (Å²) in [5, 5.41) is 0. The minimum absolute atomic E-state index is 0.241. The molecule has 0 saturated carbocycles. The standard InChI is InChI=1S/C8H11NO/c1-7-4-2-3-5-8(7)10-6-9/h2-5H,6,9H2,1H3. The molecule has 2 N–H and O–H groups in total. The van der Waals surface area contributed by atoms with Gasteiger partial charge in [0, 0.05) is 0 Å². The van der Waals surface area contributed by atoms with E-state index in [0.717, 1.165) is 11.3 Å². The SMILES string of the molecule is Cc1ccccc1OCN. The fourth-order valence-corrected chi connectivity index (χ4v) is 0.808. The third-order valence-electron chi connectivity index (χ3n) is 1.33. The van der Waals surface area contributed by atoms with Crippen LogP contribution in [0.1, 0.15) is 5.56 Å². The van der Waals surface area contributed by atoms with Crippen LogP contribution >= 0.6 is 0 Å². The number of nitrogens with two attached hydrogens (primary N) is 1. The molecule has 10 heavy (non-hydrogen) atoms. The van der Waals surface area contributed by atoms with Crippen LogP contribution in [0.15, 0.2) is 24.3 Å². The number of aryl methyl sites for hydroxylation is 1. The first-order valence-corrected chi connectivity index (χ1v) is 3.23. The van der Waals surface area contributed by atoms with Crippen molar-refractivity contribution in [3.8, 4) is 5.75 Å². The minimum Gasteiger partial charge on any atom is -0.478 e. The number of rotatable bonds is 2. The first-order chi connectivity index (χ1) is 4.84. The maximum absolute atomic E-state index is 5.21. The van der Waals surface area contributed by atoms with Crippen molar-refractivity contribution >= 4 is 0 Å². The molecule has 0 heterocycles. The molecule has 1 aromatic carbocycles. The Morgan fingerprint density at radius 2 is 2.10 bits per heavy atom. The normalized spacial score (nSPS) is 9.40. The van der Waals surface area contributed by atoms with Crippen LogP contribution in [0.3, 0.4) is 0 Å². The highest BCUT2D eigenvalue weighted by molar-refractivity contribution is 5.31. The summed E-state index contributed by atoms with van der Waals surface area (Å²) in [4.78, 5) is 0. The van der Waals surface area contributed by atoms with Crippen LogP contribution in [0.4, 0.5) is 0 Å². The van der Waals surface area contributed by atoms with E-state index in [1.165, 1.54) is 0 Å². The molecule has 0 aromatic heterocycles. The Hall–Kier alpha value is -1.02. The zero-order chi connectivity index (χ0) is 7.40. The second-order valence-electron chi connectivity index (χ2n) is 2.08. The molecule has 0 aliphatic rings. The highest BCUT2D eigenvalue weighted by Gasteiger charge is 1.93. The Bertz CT molecular complexity index is 210. The molecule has 2 heteroatoms. The van der Waals surface area contributed by atoms with Gasteiger partial charge in [-0.2, -0.15) is 0 Å². The van der Waals surface area contributed by atoms with Crippen LogP contribution in [-0.4, -0.2) is 6.73 Å². The fourth-order valence-electron chi connectivity index (χ4n) is 0.808. The molecular formula is C8H11NO. The Morgan fingerprint density at radius 3 is 2.70 bits per heavy atom. The van der Waals surface area contributed by atoms with Gasteiger partial charge in [0.2, 0.25) is 0 Å². The Kier molecular flexibility index (Phi) is 2.29. The second kappa shape index (κ2) is 3.22. The highest BCUT2D eigenvalue weighted by atomic mass is 16.5. The quantitative estimate of drug-likeness (QED) is 0.623. The summed E-state index contributed by atoms with van der Waals surface area (Å²) in [5.41, 5.74) is 6.33. The van der Waals surface area contributed by atoms with Crippen LogP contribution in [0, 0.1) is 6.92 Å². The average Bonchev–Trinajstić information content (AvgIpc) is 1.94. The van der Waals surface area contributed by atoms with E-state index in [-0.39, 0.29) is 6.73 Å². The summed E-state index contributed by atoms with van der Waals surface area (Å²) in [7, 11) is 0. The summed E-state index contributed by atoms with van der Waals surface area (Å²) in [6.45, 7) is 2.23. The third kappa shape index (κ3) is 1.48. The maximum Gasteiger partial charge on any atom is 0.137 e. The van der Waals surface area contributed by atoms with E-state index in [4.69, 9.17) is 10.5 Å². The van der Waals surface area contributed by atoms with Crippen molar-refractivity contribution in [2.24, 2.45) is 5.73 Å². The van der Waals surface area contributed by atoms with Gasteiger partial charge in [-0.15, -0.1) is 0 Å². The van der Waals surface area contributed by atoms with Crippen molar-refractivity contribution < 1.29 is 4.74 Å². The molecule has 0 amide bonds. The van der Waals surface area contributed by atoms with Gasteiger partial charge in [0.1, 0.15) is 12.5 Å². The van der Waals surface area contributed by atoms with E-state index in [1.54, 1.807) is 0 Å².